The van der Waals surface area contributed by atoms with Crippen molar-refractivity contribution in [2.24, 2.45) is 0 Å². The van der Waals surface area contributed by atoms with Crippen LogP contribution in [0.3, 0.4) is 0 Å². The first-order valence-electron chi connectivity index (χ1n) is 11.7. The Kier molecular flexibility index (Phi) is 11.6. The molecule has 6 nitrogen and oxygen atoms in total. The first-order valence-corrected chi connectivity index (χ1v) is 12.9. The Morgan fingerprint density at radius 3 is 2.32 bits per heavy atom. The molecule has 34 heavy (non-hydrogen) atoms. The van der Waals surface area contributed by atoms with Gasteiger partial charge in [0.05, 0.1) is 11.5 Å². The van der Waals surface area contributed by atoms with E-state index in [1.165, 1.54) is 0 Å². The molecule has 0 amide bonds. The normalized spacial score (nSPS) is 13.3. The molecule has 0 fully saturated rings. The second-order valence-corrected chi connectivity index (χ2v) is 10.7. The number of rotatable bonds is 14. The number of Topliss-reactive ketones (excluding diaryl/α,β-unsaturated/α-hetero) is 1. The van der Waals surface area contributed by atoms with Crippen LogP contribution < -0.4 is 4.72 Å². The second-order valence-electron chi connectivity index (χ2n) is 9.44. The van der Waals surface area contributed by atoms with Crippen LogP contribution in [0.5, 0.6) is 0 Å². The number of esters is 1. The van der Waals surface area contributed by atoms with E-state index in [2.05, 4.69) is 4.72 Å². The Morgan fingerprint density at radius 1 is 1.00 bits per heavy atom. The summed E-state index contributed by atoms with van der Waals surface area (Å²) in [6.07, 6.45) is 2.10. The van der Waals surface area contributed by atoms with Crippen LogP contribution in [0.2, 0.25) is 0 Å². The number of ether oxygens (including phenoxy) is 2. The van der Waals surface area contributed by atoms with Crippen molar-refractivity contribution in [2.75, 3.05) is 6.61 Å². The molecular weight excluding hydrogens is 450 g/mol. The van der Waals surface area contributed by atoms with E-state index < -0.39 is 22.6 Å². The number of benzene rings is 2. The van der Waals surface area contributed by atoms with Crippen LogP contribution in [-0.2, 0) is 36.7 Å². The molecule has 2 rings (SSSR count). The number of carbonyl (C=O) groups excluding carboxylic acids is 2. The molecule has 0 radical (unpaired) electrons. The molecule has 0 aliphatic heterocycles. The Balaban J connectivity index is 1.86. The van der Waals surface area contributed by atoms with Crippen molar-refractivity contribution >= 4 is 22.7 Å². The summed E-state index contributed by atoms with van der Waals surface area (Å²) in [5.41, 5.74) is 1.57. The van der Waals surface area contributed by atoms with Crippen LogP contribution in [0.25, 0.3) is 0 Å². The monoisotopic (exact) mass is 487 g/mol. The zero-order chi connectivity index (χ0) is 25.0. The number of hydrogen-bond donors (Lipinski definition) is 1. The third-order valence-electron chi connectivity index (χ3n) is 4.95. The van der Waals surface area contributed by atoms with Gasteiger partial charge in [0.2, 0.25) is 0 Å². The molecule has 0 spiro atoms. The molecule has 0 bridgehead atoms. The highest BCUT2D eigenvalue weighted by atomic mass is 32.2. The van der Waals surface area contributed by atoms with Gasteiger partial charge in [0.15, 0.2) is 0 Å². The van der Waals surface area contributed by atoms with E-state index in [0.717, 1.165) is 24.0 Å². The maximum absolute atomic E-state index is 12.8. The highest BCUT2D eigenvalue weighted by Gasteiger charge is 2.22. The van der Waals surface area contributed by atoms with Gasteiger partial charge in [-0.1, -0.05) is 48.0 Å². The molecule has 0 heterocycles. The lowest BCUT2D eigenvalue weighted by Gasteiger charge is -2.20. The molecule has 0 aliphatic rings. The van der Waals surface area contributed by atoms with Crippen molar-refractivity contribution in [3.8, 4) is 0 Å². The average molecular weight is 488 g/mol. The summed E-state index contributed by atoms with van der Waals surface area (Å²) >= 11 is 0. The molecule has 2 aromatic carbocycles. The highest BCUT2D eigenvalue weighted by molar-refractivity contribution is 7.83. The molecule has 0 aromatic heterocycles. The number of carbonyl (C=O) groups is 2. The summed E-state index contributed by atoms with van der Waals surface area (Å²) in [6, 6.07) is 17.1. The predicted octanol–water partition coefficient (Wildman–Crippen LogP) is 5.05. The smallest absolute Gasteiger partial charge is 0.313 e. The molecule has 0 aliphatic carbocycles. The van der Waals surface area contributed by atoms with Gasteiger partial charge in [-0.2, -0.15) is 0 Å². The molecule has 186 valence electrons. The minimum atomic E-state index is -1.45. The van der Waals surface area contributed by atoms with E-state index in [-0.39, 0.29) is 24.7 Å². The van der Waals surface area contributed by atoms with Crippen LogP contribution in [0, 0.1) is 6.92 Å². The number of hydrogen-bond acceptors (Lipinski definition) is 5. The Bertz CT molecular complexity index is 922. The van der Waals surface area contributed by atoms with Crippen LogP contribution in [0.15, 0.2) is 59.5 Å². The van der Waals surface area contributed by atoms with Crippen molar-refractivity contribution in [3.63, 3.8) is 0 Å². The zero-order valence-corrected chi connectivity index (χ0v) is 21.5. The second kappa shape index (κ2) is 14.1. The van der Waals surface area contributed by atoms with E-state index in [1.54, 1.807) is 20.8 Å². The lowest BCUT2D eigenvalue weighted by molar-refractivity contribution is -0.156. The van der Waals surface area contributed by atoms with Crippen molar-refractivity contribution in [1.29, 1.82) is 0 Å². The van der Waals surface area contributed by atoms with E-state index in [9.17, 15) is 13.8 Å². The minimum absolute atomic E-state index is 0.113. The summed E-state index contributed by atoms with van der Waals surface area (Å²) in [5.74, 6) is -0.766. The van der Waals surface area contributed by atoms with Gasteiger partial charge in [0.25, 0.3) is 0 Å². The molecule has 0 unspecified atom stereocenters. The maximum atomic E-state index is 12.8. The molecule has 2 atom stereocenters. The van der Waals surface area contributed by atoms with Gasteiger partial charge in [0.1, 0.15) is 28.8 Å². The fourth-order valence-electron chi connectivity index (χ4n) is 3.33. The SMILES string of the molecule is Cc1ccc([S@](=O)N[C@@H](CCCCOCc2ccccc2)CC(=O)CC(=O)OC(C)(C)C)cc1. The van der Waals surface area contributed by atoms with Crippen LogP contribution >= 0.6 is 0 Å². The molecule has 0 saturated heterocycles. The van der Waals surface area contributed by atoms with Crippen molar-refractivity contribution in [3.05, 3.63) is 65.7 Å². The van der Waals surface area contributed by atoms with E-state index in [1.807, 2.05) is 61.5 Å². The fraction of sp³-hybridized carbons (Fsp3) is 0.481. The standard InChI is InChI=1S/C27H37NO5S/c1-21-13-15-25(16-14-21)34(31)28-23(18-24(29)19-26(30)33-27(2,3)4)12-8-9-17-32-20-22-10-6-5-7-11-22/h5-7,10-11,13-16,23,28H,8-9,12,17-20H2,1-4H3/t23-,34-/m0/s1. The van der Waals surface area contributed by atoms with E-state index >= 15 is 0 Å². The third-order valence-corrected chi connectivity index (χ3v) is 6.19. The summed E-state index contributed by atoms with van der Waals surface area (Å²) < 4.78 is 26.9. The number of aryl methyl sites for hydroxylation is 1. The summed E-state index contributed by atoms with van der Waals surface area (Å²) in [7, 11) is -1.45. The molecule has 2 aromatic rings. The van der Waals surface area contributed by atoms with Gasteiger partial charge < -0.3 is 9.47 Å². The predicted molar refractivity (Wildman–Crippen MR) is 135 cm³/mol. The van der Waals surface area contributed by atoms with Crippen molar-refractivity contribution in [1.82, 2.24) is 4.72 Å². The lowest BCUT2D eigenvalue weighted by atomic mass is 10.0. The molecular formula is C27H37NO5S. The van der Waals surface area contributed by atoms with Gasteiger partial charge in [-0.3, -0.25) is 9.59 Å². The van der Waals surface area contributed by atoms with Gasteiger partial charge in [0, 0.05) is 19.1 Å². The topological polar surface area (TPSA) is 81.7 Å². The van der Waals surface area contributed by atoms with Crippen molar-refractivity contribution < 1.29 is 23.3 Å². The quantitative estimate of drug-likeness (QED) is 0.229. The highest BCUT2D eigenvalue weighted by Crippen LogP contribution is 2.14. The van der Waals surface area contributed by atoms with Gasteiger partial charge in [-0.05, 0) is 64.7 Å². The largest absolute Gasteiger partial charge is 0.460 e. The number of nitrogens with one attached hydrogen (secondary N) is 1. The summed E-state index contributed by atoms with van der Waals surface area (Å²) in [6.45, 7) is 8.44. The summed E-state index contributed by atoms with van der Waals surface area (Å²) in [5, 5.41) is 0. The van der Waals surface area contributed by atoms with E-state index in [0.29, 0.717) is 24.5 Å². The Labute approximate surface area is 206 Å². The first kappa shape index (κ1) is 27.9. The maximum Gasteiger partial charge on any atom is 0.313 e. The Morgan fingerprint density at radius 2 is 1.68 bits per heavy atom. The van der Waals surface area contributed by atoms with Crippen LogP contribution in [-0.4, -0.2) is 34.2 Å². The number of unbranched alkanes of at least 4 members (excludes halogenated alkanes) is 1. The minimum Gasteiger partial charge on any atom is -0.460 e. The van der Waals surface area contributed by atoms with Crippen molar-refractivity contribution in [2.45, 2.75) is 82.9 Å². The van der Waals surface area contributed by atoms with Crippen LogP contribution in [0.1, 0.15) is 64.0 Å². The molecule has 1 N–H and O–H groups in total. The fourth-order valence-corrected chi connectivity index (χ4v) is 4.35. The average Bonchev–Trinajstić information content (AvgIpc) is 2.75. The van der Waals surface area contributed by atoms with Crippen LogP contribution in [0.4, 0.5) is 0 Å². The first-order chi connectivity index (χ1) is 16.1. The molecule has 0 saturated carbocycles. The zero-order valence-electron chi connectivity index (χ0n) is 20.7. The lowest BCUT2D eigenvalue weighted by Crippen LogP contribution is -2.34. The van der Waals surface area contributed by atoms with E-state index in [4.69, 9.17) is 9.47 Å². The van der Waals surface area contributed by atoms with Gasteiger partial charge in [-0.15, -0.1) is 0 Å². The van der Waals surface area contributed by atoms with Gasteiger partial charge in [-0.25, -0.2) is 8.93 Å². The third kappa shape index (κ3) is 11.7. The van der Waals surface area contributed by atoms with Gasteiger partial charge >= 0.3 is 5.97 Å². The summed E-state index contributed by atoms with van der Waals surface area (Å²) in [4.78, 5) is 25.2. The Hall–Kier alpha value is -2.35. The number of ketones is 1. The molecule has 7 heteroatoms.